The topological polar surface area (TPSA) is 298 Å². The summed E-state index contributed by atoms with van der Waals surface area (Å²) in [5.41, 5.74) is 1.92. The number of methoxy groups -OCH3 is 2. The molecule has 8 rings (SSSR count). The highest BCUT2D eigenvalue weighted by atomic mass is 16.5. The van der Waals surface area contributed by atoms with Gasteiger partial charge in [-0.15, -0.1) is 0 Å². The molecule has 24 heteroatoms. The summed E-state index contributed by atoms with van der Waals surface area (Å²) in [4.78, 5) is 162. The number of Topliss-reactive ketones (excluding diaryl/α,β-unsaturated/α-hetero) is 1. The maximum absolute atomic E-state index is 15.3. The van der Waals surface area contributed by atoms with Crippen molar-refractivity contribution in [2.75, 3.05) is 78.3 Å². The molecule has 5 N–H and O–H groups in total. The van der Waals surface area contributed by atoms with Crippen molar-refractivity contribution in [2.45, 2.75) is 135 Å². The molecule has 0 spiro atoms. The number of esters is 2. The first kappa shape index (κ1) is 75.5. The van der Waals surface area contributed by atoms with Gasteiger partial charge in [-0.25, -0.2) is 9.59 Å². The SMILES string of the molecule is COc1ccc(CC[C@H]2OC(=O)[C@@H]3CCCCN3C(=O)C(=O)C(C)(C)COC(=O)/C=C/CNCCN(C)C(=O)[C@H](CC(C)C)N(C)C(=O)[C@H]3CCCN3C(=O)[C@H](Cc3ccc(C(=O)Nc4ccccc4)cc3)NC(=O)[C@H](c3ccccc3)NC(=O)CCC(=O)Nc3cccc2c3)cc1OC. The van der Waals surface area contributed by atoms with Gasteiger partial charge in [0.05, 0.1) is 19.6 Å². The normalized spacial score (nSPS) is 22.2. The van der Waals surface area contributed by atoms with Crippen LogP contribution < -0.4 is 36.1 Å². The number of piperidine rings is 1. The molecule has 2 fully saturated rings. The number of cyclic esters (lactones) is 2. The lowest BCUT2D eigenvalue weighted by molar-refractivity contribution is -0.165. The number of likely N-dealkylation sites (N-methyl/N-ethyl adjacent to an activating group) is 2. The van der Waals surface area contributed by atoms with Gasteiger partial charge in [0.15, 0.2) is 11.5 Å². The van der Waals surface area contributed by atoms with E-state index in [0.29, 0.717) is 77.2 Å². The van der Waals surface area contributed by atoms with Crippen molar-refractivity contribution < 1.29 is 71.7 Å². The number of carbonyl (C=O) groups excluding carboxylic acids is 11. The number of fused-ring (bicyclic) bond motifs is 4. The summed E-state index contributed by atoms with van der Waals surface area (Å²) in [6.07, 6.45) is 3.70. The van der Waals surface area contributed by atoms with Crippen molar-refractivity contribution in [3.63, 3.8) is 0 Å². The molecule has 5 aromatic rings. The number of nitrogens with one attached hydrogen (secondary N) is 5. The molecule has 24 nitrogen and oxygen atoms in total. The van der Waals surface area contributed by atoms with E-state index in [1.54, 1.807) is 129 Å². The number of nitrogens with zero attached hydrogens (tertiary/aromatic N) is 4. The fraction of sp³-hybridized carbons (Fsp3) is 0.434. The third kappa shape index (κ3) is 20.7. The fourth-order valence-electron chi connectivity index (χ4n) is 12.4. The first-order valence-corrected chi connectivity index (χ1v) is 34.1. The summed E-state index contributed by atoms with van der Waals surface area (Å²) >= 11 is 0. The van der Waals surface area contributed by atoms with E-state index in [1.165, 1.54) is 59.8 Å². The predicted molar refractivity (Wildman–Crippen MR) is 374 cm³/mol. The summed E-state index contributed by atoms with van der Waals surface area (Å²) in [5, 5.41) is 14.6. The fourth-order valence-corrected chi connectivity index (χ4v) is 12.4. The number of hydrogen-bond acceptors (Lipinski definition) is 16. The van der Waals surface area contributed by atoms with Gasteiger partial charge in [-0.3, -0.25) is 43.2 Å². The lowest BCUT2D eigenvalue weighted by atomic mass is 9.87. The second-order valence-electron chi connectivity index (χ2n) is 26.5. The van der Waals surface area contributed by atoms with Crippen LogP contribution in [0.2, 0.25) is 0 Å². The number of carbonyl (C=O) groups is 11. The first-order valence-electron chi connectivity index (χ1n) is 34.1. The maximum atomic E-state index is 15.3. The highest BCUT2D eigenvalue weighted by Crippen LogP contribution is 2.33. The Labute approximate surface area is 584 Å². The predicted octanol–water partition coefficient (Wildman–Crippen LogP) is 7.48. The third-order valence-corrected chi connectivity index (χ3v) is 18.1. The molecular formula is C76H93N9O15. The summed E-state index contributed by atoms with van der Waals surface area (Å²) in [5.74, 6) is -6.18. The van der Waals surface area contributed by atoms with Crippen molar-refractivity contribution in [1.82, 2.24) is 35.6 Å². The van der Waals surface area contributed by atoms with Gasteiger partial charge in [0.2, 0.25) is 41.2 Å². The number of ether oxygens (including phenoxy) is 4. The summed E-state index contributed by atoms with van der Waals surface area (Å²) in [6.45, 7) is 7.28. The van der Waals surface area contributed by atoms with E-state index in [-0.39, 0.29) is 82.6 Å². The number of ketones is 1. The van der Waals surface area contributed by atoms with Gasteiger partial charge in [-0.05, 0) is 142 Å². The minimum absolute atomic E-state index is 0.0378. The Bertz CT molecular complexity index is 3750. The Balaban J connectivity index is 1.08. The van der Waals surface area contributed by atoms with Gasteiger partial charge in [-0.2, -0.15) is 0 Å². The quantitative estimate of drug-likeness (QED) is 0.0597. The molecule has 2 saturated heterocycles. The number of aryl methyl sites for hydroxylation is 1. The summed E-state index contributed by atoms with van der Waals surface area (Å²) in [7, 11) is 6.20. The number of para-hydroxylation sites is 1. The van der Waals surface area contributed by atoms with E-state index < -0.39 is 108 Å². The van der Waals surface area contributed by atoms with E-state index in [2.05, 4.69) is 26.6 Å². The molecule has 5 aromatic carbocycles. The maximum Gasteiger partial charge on any atom is 0.330 e. The largest absolute Gasteiger partial charge is 0.493 e. The Morgan fingerprint density at radius 1 is 0.680 bits per heavy atom. The minimum atomic E-state index is -1.50. The number of rotatable bonds is 12. The highest BCUT2D eigenvalue weighted by Gasteiger charge is 2.44. The lowest BCUT2D eigenvalue weighted by Gasteiger charge is -2.36. The van der Waals surface area contributed by atoms with E-state index in [9.17, 15) is 47.9 Å². The van der Waals surface area contributed by atoms with Gasteiger partial charge >= 0.3 is 11.9 Å². The molecule has 0 saturated carbocycles. The number of benzene rings is 5. The van der Waals surface area contributed by atoms with Gasteiger partial charge in [0.1, 0.15) is 42.9 Å². The monoisotopic (exact) mass is 1370 g/mol. The van der Waals surface area contributed by atoms with Crippen LogP contribution in [0, 0.1) is 11.3 Å². The number of hydrogen-bond donors (Lipinski definition) is 5. The van der Waals surface area contributed by atoms with Crippen LogP contribution in [-0.2, 0) is 70.3 Å². The zero-order chi connectivity index (χ0) is 72.0. The van der Waals surface area contributed by atoms with Crippen LogP contribution in [0.1, 0.15) is 130 Å². The summed E-state index contributed by atoms with van der Waals surface area (Å²) in [6, 6.07) is 30.1. The van der Waals surface area contributed by atoms with Gasteiger partial charge < -0.3 is 65.1 Å². The molecule has 3 aliphatic rings. The molecule has 3 aliphatic heterocycles. The summed E-state index contributed by atoms with van der Waals surface area (Å²) < 4.78 is 22.9. The lowest BCUT2D eigenvalue weighted by Crippen LogP contribution is -2.58. The van der Waals surface area contributed by atoms with Gasteiger partial charge in [-0.1, -0.05) is 98.8 Å². The third-order valence-electron chi connectivity index (χ3n) is 18.1. The van der Waals surface area contributed by atoms with Crippen molar-refractivity contribution in [3.8, 4) is 11.5 Å². The first-order chi connectivity index (χ1) is 47.9. The van der Waals surface area contributed by atoms with E-state index in [1.807, 2.05) is 26.0 Å². The highest BCUT2D eigenvalue weighted by molar-refractivity contribution is 6.38. The molecule has 0 aliphatic carbocycles. The molecule has 0 radical (unpaired) electrons. The molecule has 2 bridgehead atoms. The minimum Gasteiger partial charge on any atom is -0.493 e. The molecule has 3 heterocycles. The Morgan fingerprint density at radius 3 is 2.06 bits per heavy atom. The Kier molecular flexibility index (Phi) is 27.2. The van der Waals surface area contributed by atoms with Crippen LogP contribution in [0.5, 0.6) is 11.5 Å². The van der Waals surface area contributed by atoms with E-state index >= 15 is 4.79 Å². The van der Waals surface area contributed by atoms with Crippen molar-refractivity contribution in [2.24, 2.45) is 11.3 Å². The zero-order valence-corrected chi connectivity index (χ0v) is 58.3. The molecular weight excluding hydrogens is 1280 g/mol. The molecule has 0 aromatic heterocycles. The van der Waals surface area contributed by atoms with Crippen LogP contribution >= 0.6 is 0 Å². The van der Waals surface area contributed by atoms with Gasteiger partial charge in [0.25, 0.3) is 11.8 Å². The Hall–Kier alpha value is -10.2. The second-order valence-corrected chi connectivity index (χ2v) is 26.5. The van der Waals surface area contributed by atoms with Crippen molar-refractivity contribution >= 4 is 76.4 Å². The average molecular weight is 1370 g/mol. The van der Waals surface area contributed by atoms with Crippen molar-refractivity contribution in [3.05, 3.63) is 167 Å². The molecule has 0 unspecified atom stereocenters. The smallest absolute Gasteiger partial charge is 0.330 e. The zero-order valence-electron chi connectivity index (χ0n) is 58.3. The van der Waals surface area contributed by atoms with Crippen LogP contribution in [0.4, 0.5) is 11.4 Å². The van der Waals surface area contributed by atoms with Crippen LogP contribution in [0.25, 0.3) is 0 Å². The standard InChI is InChI=1S/C76H93N9O15/c1-49(2)44-60-72(93)82(5)43-40-77-39-18-28-66(88)99-48-76(3,4)68(89)74(95)85-41-16-15-26-59(85)75(96)100-61(35-31-51-32-36-62(97-7)63(46-51)98-8)54-22-17-25-56(47-54)78-64(86)37-38-65(87)81-67(52-20-11-9-12-21-52)70(91)80-57(71(92)84-42-19-27-58(84)73(94)83(60)6)45-50-29-33-53(34-30-50)69(90)79-55-23-13-10-14-24-55/h9-14,17-18,20-25,28-30,32-34,36,46-47,49,57-61,67,77H,15-16,19,26-27,31,35,37-45,48H2,1-8H3,(H,78,86)(H,79,90)(H,80,91)(H,81,87)/b28-18+/t57-,58+,59-,60-,61+,67-/m0/s1. The average Bonchev–Trinajstić information content (AvgIpc) is 1.37. The van der Waals surface area contributed by atoms with E-state index in [4.69, 9.17) is 18.9 Å². The molecule has 100 heavy (non-hydrogen) atoms. The Morgan fingerprint density at radius 2 is 1.35 bits per heavy atom. The van der Waals surface area contributed by atoms with Crippen LogP contribution in [-0.4, -0.2) is 176 Å². The molecule has 8 amide bonds. The van der Waals surface area contributed by atoms with Crippen LogP contribution in [0.3, 0.4) is 0 Å². The van der Waals surface area contributed by atoms with E-state index in [0.717, 1.165) is 5.56 Å². The van der Waals surface area contributed by atoms with Crippen LogP contribution in [0.15, 0.2) is 140 Å². The molecule has 532 valence electrons. The molecule has 6 atom stereocenters. The van der Waals surface area contributed by atoms with Gasteiger partial charge in [0, 0.05) is 89.1 Å². The second kappa shape index (κ2) is 36.0. The van der Waals surface area contributed by atoms with Crippen molar-refractivity contribution in [1.29, 1.82) is 0 Å². The number of anilines is 2. The number of amides is 8.